The largest absolute Gasteiger partial charge is 0.342 e. The molecule has 3 amide bonds. The number of hydrogen-bond acceptors (Lipinski definition) is 3. The Morgan fingerprint density at radius 2 is 1.67 bits per heavy atom. The third-order valence-corrected chi connectivity index (χ3v) is 3.15. The van der Waals surface area contributed by atoms with Crippen LogP contribution in [0, 0.1) is 11.6 Å². The Bertz CT molecular complexity index is 552. The minimum Gasteiger partial charge on any atom is -0.342 e. The molecular weight excluding hydrogens is 284 g/mol. The maximum Gasteiger partial charge on any atom is 0.314 e. The van der Waals surface area contributed by atoms with Crippen LogP contribution in [0.2, 0.25) is 0 Å². The van der Waals surface area contributed by atoms with Crippen molar-refractivity contribution < 1.29 is 23.2 Å². The first-order valence-corrected chi connectivity index (χ1v) is 6.26. The van der Waals surface area contributed by atoms with E-state index in [0.29, 0.717) is 19.5 Å². The number of carbonyl (C=O) groups excluding carboxylic acids is 3. The third-order valence-electron chi connectivity index (χ3n) is 3.15. The summed E-state index contributed by atoms with van der Waals surface area (Å²) in [5, 5.41) is 1.94. The fourth-order valence-electron chi connectivity index (χ4n) is 1.96. The Morgan fingerprint density at radius 3 is 2.19 bits per heavy atom. The summed E-state index contributed by atoms with van der Waals surface area (Å²) < 4.78 is 26.8. The van der Waals surface area contributed by atoms with E-state index >= 15 is 0 Å². The number of piperazine rings is 1. The first-order chi connectivity index (χ1) is 10.0. The van der Waals surface area contributed by atoms with E-state index in [2.05, 4.69) is 0 Å². The topological polar surface area (TPSA) is 69.7 Å². The second-order valence-corrected chi connectivity index (χ2v) is 4.48. The third kappa shape index (κ3) is 3.33. The molecule has 6 nitrogen and oxygen atoms in total. The number of para-hydroxylation sites is 1. The molecule has 0 aliphatic carbocycles. The number of carbonyl (C=O) groups is 3. The Morgan fingerprint density at radius 1 is 1.10 bits per heavy atom. The molecule has 0 atom stereocenters. The second kappa shape index (κ2) is 6.29. The van der Waals surface area contributed by atoms with Crippen LogP contribution in [0.4, 0.5) is 14.5 Å². The summed E-state index contributed by atoms with van der Waals surface area (Å²) in [6, 6.07) is 3.11. The van der Waals surface area contributed by atoms with Crippen LogP contribution in [-0.2, 0) is 14.4 Å². The molecule has 1 aromatic rings. The van der Waals surface area contributed by atoms with Crippen LogP contribution in [0.1, 0.15) is 0 Å². The van der Waals surface area contributed by atoms with Crippen molar-refractivity contribution >= 4 is 23.9 Å². The van der Waals surface area contributed by atoms with E-state index in [9.17, 15) is 23.2 Å². The van der Waals surface area contributed by atoms with Gasteiger partial charge in [0.05, 0.1) is 0 Å². The zero-order valence-electron chi connectivity index (χ0n) is 11.0. The number of nitrogens with one attached hydrogen (secondary N) is 1. The highest BCUT2D eigenvalue weighted by molar-refractivity contribution is 6.39. The summed E-state index contributed by atoms with van der Waals surface area (Å²) in [6.45, 7) is 1.03. The van der Waals surface area contributed by atoms with E-state index in [-0.39, 0.29) is 13.1 Å². The summed E-state index contributed by atoms with van der Waals surface area (Å²) in [5.74, 6) is -3.91. The van der Waals surface area contributed by atoms with Crippen LogP contribution in [-0.4, -0.2) is 54.2 Å². The van der Waals surface area contributed by atoms with Crippen molar-refractivity contribution in [1.82, 2.24) is 9.80 Å². The molecule has 1 fully saturated rings. The van der Waals surface area contributed by atoms with Gasteiger partial charge in [0, 0.05) is 26.2 Å². The molecule has 1 aliphatic rings. The van der Waals surface area contributed by atoms with Gasteiger partial charge in [-0.3, -0.25) is 14.4 Å². The monoisotopic (exact) mass is 297 g/mol. The van der Waals surface area contributed by atoms with Crippen LogP contribution in [0.3, 0.4) is 0 Å². The van der Waals surface area contributed by atoms with Crippen molar-refractivity contribution in [3.63, 3.8) is 0 Å². The quantitative estimate of drug-likeness (QED) is 0.626. The summed E-state index contributed by atoms with van der Waals surface area (Å²) in [6.07, 6.45) is 0.663. The number of amides is 3. The van der Waals surface area contributed by atoms with Crippen molar-refractivity contribution in [3.8, 4) is 0 Å². The van der Waals surface area contributed by atoms with E-state index in [4.69, 9.17) is 0 Å². The Labute approximate surface area is 119 Å². The van der Waals surface area contributed by atoms with Gasteiger partial charge in [0.15, 0.2) is 0 Å². The van der Waals surface area contributed by atoms with E-state index in [1.807, 2.05) is 5.32 Å². The lowest BCUT2D eigenvalue weighted by molar-refractivity contribution is -0.144. The van der Waals surface area contributed by atoms with Crippen molar-refractivity contribution in [2.45, 2.75) is 0 Å². The van der Waals surface area contributed by atoms with Gasteiger partial charge in [0.1, 0.15) is 17.3 Å². The molecule has 1 saturated heterocycles. The number of nitrogens with zero attached hydrogens (tertiary/aromatic N) is 2. The van der Waals surface area contributed by atoms with E-state index < -0.39 is 29.1 Å². The minimum atomic E-state index is -1.11. The highest BCUT2D eigenvalue weighted by Crippen LogP contribution is 2.18. The molecule has 1 N–H and O–H groups in total. The lowest BCUT2D eigenvalue weighted by Gasteiger charge is -2.31. The number of benzene rings is 1. The minimum absolute atomic E-state index is 0.199. The molecule has 8 heteroatoms. The standard InChI is InChI=1S/C13H13F2N3O3/c14-9-2-1-3-10(15)11(9)16-12(20)13(21)18-6-4-17(8-19)5-7-18/h1-3,8H,4-7H2,(H,16,20). The zero-order valence-corrected chi connectivity index (χ0v) is 11.0. The maximum atomic E-state index is 13.4. The van der Waals surface area contributed by atoms with Gasteiger partial charge < -0.3 is 15.1 Å². The van der Waals surface area contributed by atoms with Crippen molar-refractivity contribution in [2.75, 3.05) is 31.5 Å². The molecule has 1 heterocycles. The summed E-state index contributed by atoms with van der Waals surface area (Å²) in [5.41, 5.74) is -0.651. The van der Waals surface area contributed by atoms with Gasteiger partial charge in [0.25, 0.3) is 0 Å². The predicted molar refractivity (Wildman–Crippen MR) is 69.2 cm³/mol. The van der Waals surface area contributed by atoms with Crippen LogP contribution < -0.4 is 5.32 Å². The molecule has 0 spiro atoms. The molecule has 21 heavy (non-hydrogen) atoms. The molecule has 0 radical (unpaired) electrons. The Kier molecular flexibility index (Phi) is 4.46. The molecule has 1 aliphatic heterocycles. The van der Waals surface area contributed by atoms with E-state index in [1.165, 1.54) is 9.80 Å². The van der Waals surface area contributed by atoms with Gasteiger partial charge in [-0.25, -0.2) is 8.78 Å². The average molecular weight is 297 g/mol. The van der Waals surface area contributed by atoms with E-state index in [0.717, 1.165) is 18.2 Å². The fraction of sp³-hybridized carbons (Fsp3) is 0.308. The number of hydrogen-bond donors (Lipinski definition) is 1. The summed E-state index contributed by atoms with van der Waals surface area (Å²) >= 11 is 0. The SMILES string of the molecule is O=CN1CCN(C(=O)C(=O)Nc2c(F)cccc2F)CC1. The van der Waals surface area contributed by atoms with Gasteiger partial charge in [-0.15, -0.1) is 0 Å². The highest BCUT2D eigenvalue weighted by atomic mass is 19.1. The highest BCUT2D eigenvalue weighted by Gasteiger charge is 2.26. The number of rotatable bonds is 2. The molecule has 0 aromatic heterocycles. The van der Waals surface area contributed by atoms with Crippen LogP contribution >= 0.6 is 0 Å². The maximum absolute atomic E-state index is 13.4. The number of halogens is 2. The first-order valence-electron chi connectivity index (χ1n) is 6.26. The van der Waals surface area contributed by atoms with Gasteiger partial charge in [-0.1, -0.05) is 6.07 Å². The van der Waals surface area contributed by atoms with Crippen molar-refractivity contribution in [2.24, 2.45) is 0 Å². The summed E-state index contributed by atoms with van der Waals surface area (Å²) in [7, 11) is 0. The van der Waals surface area contributed by atoms with Crippen LogP contribution in [0.15, 0.2) is 18.2 Å². The van der Waals surface area contributed by atoms with Crippen molar-refractivity contribution in [1.29, 1.82) is 0 Å². The molecule has 0 unspecified atom stereocenters. The molecule has 112 valence electrons. The smallest absolute Gasteiger partial charge is 0.314 e. The Balaban J connectivity index is 2.00. The second-order valence-electron chi connectivity index (χ2n) is 4.48. The average Bonchev–Trinajstić information content (AvgIpc) is 2.50. The Hall–Kier alpha value is -2.51. The summed E-state index contributed by atoms with van der Waals surface area (Å²) in [4.78, 5) is 36.9. The zero-order chi connectivity index (χ0) is 15.4. The molecular formula is C13H13F2N3O3. The van der Waals surface area contributed by atoms with Crippen LogP contribution in [0.5, 0.6) is 0 Å². The predicted octanol–water partition coefficient (Wildman–Crippen LogP) is 0.204. The first kappa shape index (κ1) is 14.9. The molecule has 2 rings (SSSR count). The van der Waals surface area contributed by atoms with E-state index in [1.54, 1.807) is 0 Å². The molecule has 0 saturated carbocycles. The van der Waals surface area contributed by atoms with Crippen molar-refractivity contribution in [3.05, 3.63) is 29.8 Å². The molecule has 0 bridgehead atoms. The van der Waals surface area contributed by atoms with Gasteiger partial charge in [0.2, 0.25) is 6.41 Å². The van der Waals surface area contributed by atoms with Crippen LogP contribution in [0.25, 0.3) is 0 Å². The van der Waals surface area contributed by atoms with Gasteiger partial charge in [-0.05, 0) is 12.1 Å². The number of anilines is 1. The fourth-order valence-corrected chi connectivity index (χ4v) is 1.96. The lowest BCUT2D eigenvalue weighted by Crippen LogP contribution is -2.51. The van der Waals surface area contributed by atoms with Gasteiger partial charge >= 0.3 is 11.8 Å². The normalized spacial score (nSPS) is 14.8. The molecule has 1 aromatic carbocycles. The lowest BCUT2D eigenvalue weighted by atomic mass is 10.2. The van der Waals surface area contributed by atoms with Gasteiger partial charge in [-0.2, -0.15) is 0 Å².